The summed E-state index contributed by atoms with van der Waals surface area (Å²) in [7, 11) is 0. The summed E-state index contributed by atoms with van der Waals surface area (Å²) in [4.78, 5) is 17.1. The van der Waals surface area contributed by atoms with E-state index >= 15 is 0 Å². The first-order valence-electron chi connectivity index (χ1n) is 7.11. The fourth-order valence-corrected chi connectivity index (χ4v) is 3.31. The molecule has 1 unspecified atom stereocenters. The Balaban J connectivity index is 1.62. The van der Waals surface area contributed by atoms with Crippen LogP contribution in [-0.2, 0) is 4.79 Å². The Kier molecular flexibility index (Phi) is 3.34. The fraction of sp³-hybridized carbons (Fsp3) is 0.923. The summed E-state index contributed by atoms with van der Waals surface area (Å²) in [6.45, 7) is 4.86. The third-order valence-electron chi connectivity index (χ3n) is 4.55. The maximum atomic E-state index is 12.5. The van der Waals surface area contributed by atoms with Crippen LogP contribution in [0.2, 0.25) is 0 Å². The highest BCUT2D eigenvalue weighted by atomic mass is 16.2. The van der Waals surface area contributed by atoms with Gasteiger partial charge in [-0.05, 0) is 32.2 Å². The summed E-state index contributed by atoms with van der Waals surface area (Å²) in [5, 5.41) is 3.31. The van der Waals surface area contributed by atoms with Crippen LogP contribution in [0.25, 0.3) is 0 Å². The predicted molar refractivity (Wildman–Crippen MR) is 66.8 cm³/mol. The van der Waals surface area contributed by atoms with E-state index in [1.807, 2.05) is 0 Å². The number of rotatable bonds is 2. The Labute approximate surface area is 103 Å². The first-order chi connectivity index (χ1) is 8.36. The van der Waals surface area contributed by atoms with Crippen molar-refractivity contribution in [3.8, 4) is 0 Å². The van der Waals surface area contributed by atoms with Crippen LogP contribution in [0.15, 0.2) is 0 Å². The van der Waals surface area contributed by atoms with Gasteiger partial charge in [-0.3, -0.25) is 9.69 Å². The molecular weight excluding hydrogens is 214 g/mol. The standard InChI is InChI=1S/C13H23N3O/c17-13(15-9-6-14-7-10-15)12-5-2-8-16(12)11-3-1-4-11/h11-12,14H,1-10H2. The van der Waals surface area contributed by atoms with Crippen LogP contribution < -0.4 is 5.32 Å². The van der Waals surface area contributed by atoms with Gasteiger partial charge in [0.2, 0.25) is 5.91 Å². The SMILES string of the molecule is O=C(C1CCCN1C1CCC1)N1CCNCC1. The smallest absolute Gasteiger partial charge is 0.240 e. The average molecular weight is 237 g/mol. The van der Waals surface area contributed by atoms with Gasteiger partial charge >= 0.3 is 0 Å². The van der Waals surface area contributed by atoms with Gasteiger partial charge in [-0.1, -0.05) is 6.42 Å². The lowest BCUT2D eigenvalue weighted by Crippen LogP contribution is -2.55. The number of likely N-dealkylation sites (tertiary alicyclic amines) is 1. The fourth-order valence-electron chi connectivity index (χ4n) is 3.31. The molecule has 1 atom stereocenters. The van der Waals surface area contributed by atoms with Crippen molar-refractivity contribution in [3.05, 3.63) is 0 Å². The van der Waals surface area contributed by atoms with E-state index in [1.165, 1.54) is 25.7 Å². The Bertz CT molecular complexity index is 284. The van der Waals surface area contributed by atoms with Crippen LogP contribution in [0.3, 0.4) is 0 Å². The van der Waals surface area contributed by atoms with Crippen LogP contribution in [0.5, 0.6) is 0 Å². The second kappa shape index (κ2) is 4.94. The summed E-state index contributed by atoms with van der Waals surface area (Å²) in [5.74, 6) is 0.399. The molecule has 2 heterocycles. The van der Waals surface area contributed by atoms with Gasteiger partial charge in [0.05, 0.1) is 6.04 Å². The van der Waals surface area contributed by atoms with Crippen LogP contribution in [0.4, 0.5) is 0 Å². The van der Waals surface area contributed by atoms with E-state index in [1.54, 1.807) is 0 Å². The van der Waals surface area contributed by atoms with Gasteiger partial charge in [0.1, 0.15) is 0 Å². The second-order valence-corrected chi connectivity index (χ2v) is 5.56. The summed E-state index contributed by atoms with van der Waals surface area (Å²) in [6.07, 6.45) is 6.27. The van der Waals surface area contributed by atoms with Crippen LogP contribution in [0, 0.1) is 0 Å². The monoisotopic (exact) mass is 237 g/mol. The molecule has 0 aromatic heterocycles. The lowest BCUT2D eigenvalue weighted by molar-refractivity contribution is -0.138. The molecule has 0 aromatic carbocycles. The Morgan fingerprint density at radius 3 is 2.41 bits per heavy atom. The molecule has 4 nitrogen and oxygen atoms in total. The zero-order valence-electron chi connectivity index (χ0n) is 10.5. The number of amides is 1. The van der Waals surface area contributed by atoms with Gasteiger partial charge in [0.25, 0.3) is 0 Å². The van der Waals surface area contributed by atoms with Gasteiger partial charge in [-0.2, -0.15) is 0 Å². The molecular formula is C13H23N3O. The third-order valence-corrected chi connectivity index (χ3v) is 4.55. The molecule has 2 saturated heterocycles. The Morgan fingerprint density at radius 2 is 1.76 bits per heavy atom. The number of nitrogens with one attached hydrogen (secondary N) is 1. The molecule has 1 amide bonds. The maximum absolute atomic E-state index is 12.5. The number of hydrogen-bond acceptors (Lipinski definition) is 3. The minimum absolute atomic E-state index is 0.207. The first-order valence-corrected chi connectivity index (χ1v) is 7.11. The molecule has 17 heavy (non-hydrogen) atoms. The number of carbonyl (C=O) groups excluding carboxylic acids is 1. The van der Waals surface area contributed by atoms with Gasteiger partial charge in [-0.15, -0.1) is 0 Å². The molecule has 96 valence electrons. The number of carbonyl (C=O) groups is 1. The highest BCUT2D eigenvalue weighted by Gasteiger charge is 2.39. The van der Waals surface area contributed by atoms with E-state index in [0.29, 0.717) is 5.91 Å². The highest BCUT2D eigenvalue weighted by molar-refractivity contribution is 5.82. The van der Waals surface area contributed by atoms with Crippen LogP contribution in [-0.4, -0.2) is 60.5 Å². The summed E-state index contributed by atoms with van der Waals surface area (Å²) in [5.41, 5.74) is 0. The van der Waals surface area contributed by atoms with Gasteiger partial charge in [-0.25, -0.2) is 0 Å². The van der Waals surface area contributed by atoms with E-state index in [-0.39, 0.29) is 6.04 Å². The molecule has 1 aliphatic carbocycles. The molecule has 2 aliphatic heterocycles. The average Bonchev–Trinajstić information content (AvgIpc) is 2.76. The predicted octanol–water partition coefficient (Wildman–Crippen LogP) is 0.435. The molecule has 0 spiro atoms. The molecule has 3 aliphatic rings. The number of piperazine rings is 1. The minimum atomic E-state index is 0.207. The molecule has 1 saturated carbocycles. The van der Waals surface area contributed by atoms with E-state index in [0.717, 1.165) is 45.2 Å². The minimum Gasteiger partial charge on any atom is -0.339 e. The van der Waals surface area contributed by atoms with Crippen molar-refractivity contribution in [2.75, 3.05) is 32.7 Å². The summed E-state index contributed by atoms with van der Waals surface area (Å²) >= 11 is 0. The third kappa shape index (κ3) is 2.20. The van der Waals surface area contributed by atoms with E-state index in [4.69, 9.17) is 0 Å². The number of nitrogens with zero attached hydrogens (tertiary/aromatic N) is 2. The van der Waals surface area contributed by atoms with Gasteiger partial charge in [0, 0.05) is 32.2 Å². The maximum Gasteiger partial charge on any atom is 0.240 e. The quantitative estimate of drug-likeness (QED) is 0.757. The lowest BCUT2D eigenvalue weighted by Gasteiger charge is -2.40. The molecule has 0 aromatic rings. The lowest BCUT2D eigenvalue weighted by atomic mass is 9.91. The molecule has 4 heteroatoms. The highest BCUT2D eigenvalue weighted by Crippen LogP contribution is 2.32. The van der Waals surface area contributed by atoms with Crippen molar-refractivity contribution in [2.24, 2.45) is 0 Å². The van der Waals surface area contributed by atoms with E-state index in [9.17, 15) is 4.79 Å². The molecule has 1 N–H and O–H groups in total. The van der Waals surface area contributed by atoms with Crippen molar-refractivity contribution in [2.45, 2.75) is 44.2 Å². The summed E-state index contributed by atoms with van der Waals surface area (Å²) < 4.78 is 0. The van der Waals surface area contributed by atoms with Crippen LogP contribution >= 0.6 is 0 Å². The normalized spacial score (nSPS) is 31.5. The second-order valence-electron chi connectivity index (χ2n) is 5.56. The van der Waals surface area contributed by atoms with Crippen LogP contribution in [0.1, 0.15) is 32.1 Å². The molecule has 0 radical (unpaired) electrons. The van der Waals surface area contributed by atoms with Gasteiger partial charge in [0.15, 0.2) is 0 Å². The largest absolute Gasteiger partial charge is 0.339 e. The Morgan fingerprint density at radius 1 is 1.00 bits per heavy atom. The topological polar surface area (TPSA) is 35.6 Å². The van der Waals surface area contributed by atoms with Crippen molar-refractivity contribution >= 4 is 5.91 Å². The van der Waals surface area contributed by atoms with Crippen molar-refractivity contribution in [1.82, 2.24) is 15.1 Å². The van der Waals surface area contributed by atoms with E-state index < -0.39 is 0 Å². The van der Waals surface area contributed by atoms with Crippen molar-refractivity contribution in [1.29, 1.82) is 0 Å². The first kappa shape index (κ1) is 11.5. The Hall–Kier alpha value is -0.610. The van der Waals surface area contributed by atoms with Crippen molar-refractivity contribution < 1.29 is 4.79 Å². The zero-order chi connectivity index (χ0) is 11.7. The van der Waals surface area contributed by atoms with Crippen molar-refractivity contribution in [3.63, 3.8) is 0 Å². The number of hydrogen-bond donors (Lipinski definition) is 1. The van der Waals surface area contributed by atoms with Gasteiger partial charge < -0.3 is 10.2 Å². The molecule has 3 rings (SSSR count). The van der Waals surface area contributed by atoms with E-state index in [2.05, 4.69) is 15.1 Å². The summed E-state index contributed by atoms with van der Waals surface area (Å²) in [6, 6.07) is 0.924. The molecule has 0 bridgehead atoms. The molecule has 3 fully saturated rings. The zero-order valence-corrected chi connectivity index (χ0v) is 10.5.